The van der Waals surface area contributed by atoms with Crippen molar-refractivity contribution >= 4 is 30.2 Å². The summed E-state index contributed by atoms with van der Waals surface area (Å²) < 4.78 is 20.0. The zero-order chi connectivity index (χ0) is 24.5. The molecule has 2 atom stereocenters. The number of hydrogen-bond acceptors (Lipinski definition) is 9. The average molecular weight is 482 g/mol. The van der Waals surface area contributed by atoms with Gasteiger partial charge in [-0.25, -0.2) is 19.2 Å². The van der Waals surface area contributed by atoms with Crippen LogP contribution in [-0.2, 0) is 14.0 Å². The molecule has 0 saturated carbocycles. The third-order valence-corrected chi connectivity index (χ3v) is 5.11. The molecular formula is C22H28FN3O6S. The van der Waals surface area contributed by atoms with Gasteiger partial charge in [-0.15, -0.1) is 4.33 Å². The highest BCUT2D eigenvalue weighted by Gasteiger charge is 2.20. The van der Waals surface area contributed by atoms with Crippen LogP contribution in [-0.4, -0.2) is 57.6 Å². The van der Waals surface area contributed by atoms with Crippen LogP contribution in [0.1, 0.15) is 43.9 Å². The first-order chi connectivity index (χ1) is 15.6. The number of benzene rings is 1. The molecule has 0 aliphatic heterocycles. The lowest BCUT2D eigenvalue weighted by Gasteiger charge is -2.20. The van der Waals surface area contributed by atoms with Crippen molar-refractivity contribution in [1.82, 2.24) is 9.97 Å². The molecule has 0 aliphatic rings. The predicted molar refractivity (Wildman–Crippen MR) is 124 cm³/mol. The average Bonchev–Trinajstić information content (AvgIpc) is 2.75. The van der Waals surface area contributed by atoms with Crippen molar-refractivity contribution in [3.05, 3.63) is 47.4 Å². The standard InChI is InChI=1S/C22H28FN3O6S/c1-13(2)20-18(10-9-16(27)11-17(28)12-19(29)30)21(14-5-7-15(23)8-6-14)25-22(24-20)26(3)33-32-31-4/h5-10,13,16-17,27-28H,11-12H2,1-4H3,(H,29,30)/b10-9+/t16-,17-/m1/s1. The number of rotatable bonds is 12. The SMILES string of the molecule is COOSN(C)c1nc(-c2ccc(F)cc2)c(/C=C/[C@@H](O)C[C@@H](O)CC(=O)O)c(C(C)C)n1. The summed E-state index contributed by atoms with van der Waals surface area (Å²) in [6.45, 7) is 3.90. The molecule has 180 valence electrons. The Kier molecular flexibility index (Phi) is 10.2. The molecule has 0 amide bonds. The van der Waals surface area contributed by atoms with E-state index in [9.17, 15) is 19.4 Å². The zero-order valence-electron chi connectivity index (χ0n) is 18.8. The Morgan fingerprint density at radius 3 is 2.48 bits per heavy atom. The van der Waals surface area contributed by atoms with Crippen LogP contribution in [0.15, 0.2) is 30.3 Å². The van der Waals surface area contributed by atoms with Gasteiger partial charge in [0.05, 0.1) is 37.1 Å². The summed E-state index contributed by atoms with van der Waals surface area (Å²) in [5.74, 6) is -1.25. The summed E-state index contributed by atoms with van der Waals surface area (Å²) >= 11 is 0.884. The van der Waals surface area contributed by atoms with E-state index < -0.39 is 30.4 Å². The van der Waals surface area contributed by atoms with Crippen LogP contribution in [0.3, 0.4) is 0 Å². The molecule has 0 bridgehead atoms. The van der Waals surface area contributed by atoms with Crippen molar-refractivity contribution in [3.8, 4) is 11.3 Å². The highest BCUT2D eigenvalue weighted by atomic mass is 32.2. The van der Waals surface area contributed by atoms with Gasteiger partial charge in [-0.3, -0.25) is 9.10 Å². The number of aliphatic hydroxyl groups is 2. The molecule has 2 aromatic rings. The molecule has 0 saturated heterocycles. The monoisotopic (exact) mass is 481 g/mol. The number of hydrogen-bond donors (Lipinski definition) is 3. The summed E-state index contributed by atoms with van der Waals surface area (Å²) in [6, 6.07) is 5.83. The zero-order valence-corrected chi connectivity index (χ0v) is 19.6. The van der Waals surface area contributed by atoms with Gasteiger partial charge in [0.1, 0.15) is 5.82 Å². The first-order valence-corrected chi connectivity index (χ1v) is 10.9. The normalized spacial score (nSPS) is 13.5. The topological polar surface area (TPSA) is 125 Å². The summed E-state index contributed by atoms with van der Waals surface area (Å²) in [5.41, 5.74) is 2.41. The van der Waals surface area contributed by atoms with Crippen molar-refractivity contribution in [1.29, 1.82) is 0 Å². The molecule has 0 fully saturated rings. The summed E-state index contributed by atoms with van der Waals surface area (Å²) in [5, 5.41) is 28.9. The molecule has 0 unspecified atom stereocenters. The van der Waals surface area contributed by atoms with E-state index in [0.717, 1.165) is 12.2 Å². The Morgan fingerprint density at radius 2 is 1.91 bits per heavy atom. The van der Waals surface area contributed by atoms with E-state index in [4.69, 9.17) is 9.44 Å². The highest BCUT2D eigenvalue weighted by molar-refractivity contribution is 7.95. The number of nitrogens with zero attached hydrogens (tertiary/aromatic N) is 3. The number of aromatic nitrogens is 2. The Balaban J connectivity index is 2.51. The van der Waals surface area contributed by atoms with Gasteiger partial charge in [0, 0.05) is 24.6 Å². The highest BCUT2D eigenvalue weighted by Crippen LogP contribution is 2.32. The predicted octanol–water partition coefficient (Wildman–Crippen LogP) is 3.58. The number of anilines is 1. The third-order valence-electron chi connectivity index (χ3n) is 4.53. The van der Waals surface area contributed by atoms with E-state index in [0.29, 0.717) is 28.5 Å². The molecule has 1 aromatic heterocycles. The van der Waals surface area contributed by atoms with E-state index in [1.165, 1.54) is 25.3 Å². The molecule has 0 spiro atoms. The van der Waals surface area contributed by atoms with Crippen molar-refractivity contribution < 1.29 is 33.7 Å². The van der Waals surface area contributed by atoms with Crippen LogP contribution in [0.4, 0.5) is 10.3 Å². The molecule has 33 heavy (non-hydrogen) atoms. The molecule has 9 nitrogen and oxygen atoms in total. The maximum absolute atomic E-state index is 13.5. The number of aliphatic carboxylic acids is 1. The fraction of sp³-hybridized carbons (Fsp3) is 0.409. The lowest BCUT2D eigenvalue weighted by Crippen LogP contribution is -2.19. The Hall–Kier alpha value is -2.57. The minimum absolute atomic E-state index is 0.0397. The molecular weight excluding hydrogens is 453 g/mol. The van der Waals surface area contributed by atoms with Crippen LogP contribution in [0.25, 0.3) is 17.3 Å². The summed E-state index contributed by atoms with van der Waals surface area (Å²) in [6.07, 6.45) is 0.206. The van der Waals surface area contributed by atoms with Crippen LogP contribution in [0.5, 0.6) is 0 Å². The minimum atomic E-state index is -1.19. The van der Waals surface area contributed by atoms with E-state index in [2.05, 4.69) is 14.9 Å². The van der Waals surface area contributed by atoms with Crippen LogP contribution in [0, 0.1) is 5.82 Å². The second kappa shape index (κ2) is 12.6. The van der Waals surface area contributed by atoms with Crippen LogP contribution in [0.2, 0.25) is 0 Å². The molecule has 0 aliphatic carbocycles. The van der Waals surface area contributed by atoms with Gasteiger partial charge >= 0.3 is 5.97 Å². The van der Waals surface area contributed by atoms with E-state index in [1.54, 1.807) is 29.6 Å². The van der Waals surface area contributed by atoms with Gasteiger partial charge in [0.25, 0.3) is 0 Å². The molecule has 1 heterocycles. The number of carbonyl (C=O) groups is 1. The first kappa shape index (κ1) is 26.7. The number of halogens is 1. The van der Waals surface area contributed by atoms with Gasteiger partial charge in [-0.05, 0) is 30.2 Å². The number of carboxylic acids is 1. The van der Waals surface area contributed by atoms with E-state index >= 15 is 0 Å². The molecule has 2 rings (SSSR count). The van der Waals surface area contributed by atoms with Crippen LogP contribution < -0.4 is 4.31 Å². The fourth-order valence-corrected chi connectivity index (χ4v) is 3.31. The van der Waals surface area contributed by atoms with E-state index in [-0.39, 0.29) is 12.3 Å². The van der Waals surface area contributed by atoms with Gasteiger partial charge in [-0.2, -0.15) is 0 Å². The first-order valence-electron chi connectivity index (χ1n) is 10.2. The summed E-state index contributed by atoms with van der Waals surface area (Å²) in [4.78, 5) is 24.6. The third kappa shape index (κ3) is 8.06. The number of aliphatic hydroxyl groups excluding tert-OH is 2. The largest absolute Gasteiger partial charge is 0.481 e. The lowest BCUT2D eigenvalue weighted by molar-refractivity contribution is -0.160. The summed E-state index contributed by atoms with van der Waals surface area (Å²) in [7, 11) is 3.07. The quantitative estimate of drug-likeness (QED) is 0.179. The Labute approximate surface area is 196 Å². The smallest absolute Gasteiger partial charge is 0.305 e. The van der Waals surface area contributed by atoms with Gasteiger partial charge < -0.3 is 15.3 Å². The van der Waals surface area contributed by atoms with Crippen molar-refractivity contribution in [2.75, 3.05) is 18.5 Å². The maximum atomic E-state index is 13.5. The van der Waals surface area contributed by atoms with Gasteiger partial charge in [-0.1, -0.05) is 26.0 Å². The molecule has 1 aromatic carbocycles. The van der Waals surface area contributed by atoms with Crippen molar-refractivity contribution in [2.45, 2.75) is 44.8 Å². The Bertz CT molecular complexity index is 958. The fourth-order valence-electron chi connectivity index (χ4n) is 3.01. The molecule has 11 heteroatoms. The Morgan fingerprint density at radius 1 is 1.24 bits per heavy atom. The number of carboxylic acid groups (broad SMARTS) is 1. The minimum Gasteiger partial charge on any atom is -0.481 e. The van der Waals surface area contributed by atoms with E-state index in [1.807, 2.05) is 13.8 Å². The van der Waals surface area contributed by atoms with Gasteiger partial charge in [0.2, 0.25) is 5.95 Å². The lowest BCUT2D eigenvalue weighted by atomic mass is 9.97. The molecule has 3 N–H and O–H groups in total. The second-order valence-corrected chi connectivity index (χ2v) is 8.39. The van der Waals surface area contributed by atoms with Gasteiger partial charge in [0.15, 0.2) is 12.2 Å². The van der Waals surface area contributed by atoms with Crippen LogP contribution >= 0.6 is 12.2 Å². The van der Waals surface area contributed by atoms with Crippen molar-refractivity contribution in [3.63, 3.8) is 0 Å². The maximum Gasteiger partial charge on any atom is 0.305 e. The van der Waals surface area contributed by atoms with Crippen molar-refractivity contribution in [2.24, 2.45) is 0 Å². The second-order valence-electron chi connectivity index (χ2n) is 7.55. The molecule has 0 radical (unpaired) electrons.